The van der Waals surface area contributed by atoms with Gasteiger partial charge in [0.2, 0.25) is 0 Å². The van der Waals surface area contributed by atoms with E-state index >= 15 is 0 Å². The van der Waals surface area contributed by atoms with Crippen LogP contribution >= 0.6 is 0 Å². The normalized spacial score (nSPS) is 34.9. The zero-order valence-corrected chi connectivity index (χ0v) is 11.0. The number of hydrogen-bond donors (Lipinski definition) is 1. The summed E-state index contributed by atoms with van der Waals surface area (Å²) in [6, 6.07) is 0.485. The third-order valence-corrected chi connectivity index (χ3v) is 4.79. The summed E-state index contributed by atoms with van der Waals surface area (Å²) in [6.45, 7) is 2.55. The summed E-state index contributed by atoms with van der Waals surface area (Å²) < 4.78 is 0. The Morgan fingerprint density at radius 1 is 0.765 bits per heavy atom. The summed E-state index contributed by atoms with van der Waals surface area (Å²) in [4.78, 5) is 2.67. The zero-order chi connectivity index (χ0) is 11.7. The van der Waals surface area contributed by atoms with Gasteiger partial charge in [0.25, 0.3) is 0 Å². The molecule has 3 rings (SSSR count). The van der Waals surface area contributed by atoms with Crippen molar-refractivity contribution < 1.29 is 5.11 Å². The monoisotopic (exact) mass is 237 g/mol. The molecule has 3 fully saturated rings. The minimum absolute atomic E-state index is 0.0463. The van der Waals surface area contributed by atoms with Crippen molar-refractivity contribution in [3.05, 3.63) is 0 Å². The lowest BCUT2D eigenvalue weighted by Crippen LogP contribution is -2.45. The molecule has 0 aliphatic heterocycles. The van der Waals surface area contributed by atoms with Gasteiger partial charge in [0.05, 0.1) is 6.10 Å². The second-order valence-corrected chi connectivity index (χ2v) is 6.61. The third kappa shape index (κ3) is 3.45. The highest BCUT2D eigenvalue weighted by atomic mass is 16.3. The first kappa shape index (κ1) is 12.0. The fourth-order valence-corrected chi connectivity index (χ4v) is 3.30. The average Bonchev–Trinajstić information content (AvgIpc) is 3.13. The molecule has 0 amide bonds. The molecule has 0 bridgehead atoms. The van der Waals surface area contributed by atoms with Gasteiger partial charge in [-0.3, -0.25) is 4.90 Å². The SMILES string of the molecule is OC1CCCCCC1N(CC1CC1)CC1CC1. The summed E-state index contributed by atoms with van der Waals surface area (Å²) in [5.41, 5.74) is 0. The van der Waals surface area contributed by atoms with E-state index < -0.39 is 0 Å². The van der Waals surface area contributed by atoms with Gasteiger partial charge in [-0.2, -0.15) is 0 Å². The van der Waals surface area contributed by atoms with E-state index in [-0.39, 0.29) is 6.10 Å². The van der Waals surface area contributed by atoms with E-state index in [0.29, 0.717) is 6.04 Å². The van der Waals surface area contributed by atoms with Crippen LogP contribution in [-0.4, -0.2) is 35.2 Å². The Kier molecular flexibility index (Phi) is 3.72. The van der Waals surface area contributed by atoms with Gasteiger partial charge < -0.3 is 5.11 Å². The van der Waals surface area contributed by atoms with Gasteiger partial charge in [0.1, 0.15) is 0 Å². The van der Waals surface area contributed by atoms with E-state index in [4.69, 9.17) is 0 Å². The van der Waals surface area contributed by atoms with E-state index in [0.717, 1.165) is 18.3 Å². The molecule has 1 N–H and O–H groups in total. The smallest absolute Gasteiger partial charge is 0.0695 e. The molecule has 0 aromatic heterocycles. The average molecular weight is 237 g/mol. The first-order valence-corrected chi connectivity index (χ1v) is 7.75. The molecule has 2 unspecified atom stereocenters. The standard InChI is InChI=1S/C15H27NO/c17-15-5-3-1-2-4-14(15)16(10-12-6-7-12)11-13-8-9-13/h12-15,17H,1-11H2. The van der Waals surface area contributed by atoms with Crippen molar-refractivity contribution in [3.63, 3.8) is 0 Å². The largest absolute Gasteiger partial charge is 0.391 e. The van der Waals surface area contributed by atoms with Crippen molar-refractivity contribution >= 4 is 0 Å². The van der Waals surface area contributed by atoms with E-state index in [2.05, 4.69) is 4.90 Å². The number of aliphatic hydroxyl groups excluding tert-OH is 1. The van der Waals surface area contributed by atoms with Crippen LogP contribution in [0.3, 0.4) is 0 Å². The fraction of sp³-hybridized carbons (Fsp3) is 1.00. The van der Waals surface area contributed by atoms with Gasteiger partial charge in [-0.25, -0.2) is 0 Å². The highest BCUT2D eigenvalue weighted by molar-refractivity contribution is 4.89. The molecule has 0 spiro atoms. The van der Waals surface area contributed by atoms with Crippen molar-refractivity contribution in [2.24, 2.45) is 11.8 Å². The summed E-state index contributed by atoms with van der Waals surface area (Å²) >= 11 is 0. The van der Waals surface area contributed by atoms with Crippen LogP contribution in [0.1, 0.15) is 57.8 Å². The van der Waals surface area contributed by atoms with Crippen LogP contribution in [0.5, 0.6) is 0 Å². The van der Waals surface area contributed by atoms with Crippen molar-refractivity contribution in [1.29, 1.82) is 0 Å². The van der Waals surface area contributed by atoms with Gasteiger partial charge in [-0.1, -0.05) is 19.3 Å². The Morgan fingerprint density at radius 2 is 1.35 bits per heavy atom. The maximum absolute atomic E-state index is 10.3. The number of nitrogens with zero attached hydrogens (tertiary/aromatic N) is 1. The van der Waals surface area contributed by atoms with Crippen LogP contribution < -0.4 is 0 Å². The molecule has 17 heavy (non-hydrogen) atoms. The third-order valence-electron chi connectivity index (χ3n) is 4.79. The minimum atomic E-state index is -0.0463. The summed E-state index contributed by atoms with van der Waals surface area (Å²) in [5.74, 6) is 1.92. The van der Waals surface area contributed by atoms with Gasteiger partial charge in [-0.15, -0.1) is 0 Å². The first-order valence-electron chi connectivity index (χ1n) is 7.75. The number of hydrogen-bond acceptors (Lipinski definition) is 2. The molecule has 98 valence electrons. The minimum Gasteiger partial charge on any atom is -0.391 e. The lowest BCUT2D eigenvalue weighted by atomic mass is 10.0. The molecule has 0 aromatic rings. The van der Waals surface area contributed by atoms with Crippen LogP contribution in [-0.2, 0) is 0 Å². The molecular weight excluding hydrogens is 210 g/mol. The second-order valence-electron chi connectivity index (χ2n) is 6.61. The number of rotatable bonds is 5. The molecular formula is C15H27NO. The maximum atomic E-state index is 10.3. The topological polar surface area (TPSA) is 23.5 Å². The molecule has 2 heteroatoms. The number of aliphatic hydroxyl groups is 1. The van der Waals surface area contributed by atoms with Crippen molar-refractivity contribution in [2.45, 2.75) is 69.9 Å². The molecule has 0 heterocycles. The lowest BCUT2D eigenvalue weighted by molar-refractivity contribution is 0.0387. The van der Waals surface area contributed by atoms with E-state index in [1.165, 1.54) is 64.5 Å². The molecule has 2 nitrogen and oxygen atoms in total. The maximum Gasteiger partial charge on any atom is 0.0695 e. The van der Waals surface area contributed by atoms with Gasteiger partial charge in [0.15, 0.2) is 0 Å². The zero-order valence-electron chi connectivity index (χ0n) is 11.0. The summed E-state index contributed by atoms with van der Waals surface area (Å²) in [7, 11) is 0. The van der Waals surface area contributed by atoms with Crippen LogP contribution in [0, 0.1) is 11.8 Å². The molecule has 2 atom stereocenters. The van der Waals surface area contributed by atoms with Crippen LogP contribution in [0.4, 0.5) is 0 Å². The molecule has 0 radical (unpaired) electrons. The van der Waals surface area contributed by atoms with E-state index in [1.54, 1.807) is 0 Å². The Labute approximate surface area is 105 Å². The van der Waals surface area contributed by atoms with Crippen LogP contribution in [0.2, 0.25) is 0 Å². The van der Waals surface area contributed by atoms with Crippen molar-refractivity contribution in [2.75, 3.05) is 13.1 Å². The van der Waals surface area contributed by atoms with Crippen LogP contribution in [0.15, 0.2) is 0 Å². The van der Waals surface area contributed by atoms with E-state index in [1.807, 2.05) is 0 Å². The van der Waals surface area contributed by atoms with Crippen molar-refractivity contribution in [3.8, 4) is 0 Å². The van der Waals surface area contributed by atoms with Gasteiger partial charge in [-0.05, 0) is 50.4 Å². The quantitative estimate of drug-likeness (QED) is 0.743. The Morgan fingerprint density at radius 3 is 1.94 bits per heavy atom. The lowest BCUT2D eigenvalue weighted by Gasteiger charge is -2.34. The second kappa shape index (κ2) is 5.27. The van der Waals surface area contributed by atoms with E-state index in [9.17, 15) is 5.11 Å². The fourth-order valence-electron chi connectivity index (χ4n) is 3.30. The molecule has 3 saturated carbocycles. The predicted octanol–water partition coefficient (Wildman–Crippen LogP) is 2.80. The molecule has 0 aromatic carbocycles. The molecule has 0 saturated heterocycles. The summed E-state index contributed by atoms with van der Waals surface area (Å²) in [6.07, 6.45) is 11.9. The highest BCUT2D eigenvalue weighted by Crippen LogP contribution is 2.36. The summed E-state index contributed by atoms with van der Waals surface area (Å²) in [5, 5.41) is 10.3. The van der Waals surface area contributed by atoms with Gasteiger partial charge >= 0.3 is 0 Å². The Balaban J connectivity index is 1.60. The van der Waals surface area contributed by atoms with Crippen molar-refractivity contribution in [1.82, 2.24) is 4.90 Å². The first-order chi connectivity index (χ1) is 8.33. The Bertz CT molecular complexity index is 233. The molecule has 3 aliphatic rings. The predicted molar refractivity (Wildman–Crippen MR) is 69.9 cm³/mol. The van der Waals surface area contributed by atoms with Gasteiger partial charge in [0, 0.05) is 19.1 Å². The molecule has 3 aliphatic carbocycles. The van der Waals surface area contributed by atoms with Crippen LogP contribution in [0.25, 0.3) is 0 Å². The Hall–Kier alpha value is -0.0800. The highest BCUT2D eigenvalue weighted by Gasteiger charge is 2.35.